The van der Waals surface area contributed by atoms with Gasteiger partial charge in [-0.05, 0) is 23.3 Å². The SMILES string of the molecule is COCCN(C)c1ccc(-c2nc3ncnc(N)c3c(-c3ccccc3)c2-c2ccccc2)cc1. The van der Waals surface area contributed by atoms with Gasteiger partial charge in [-0.2, -0.15) is 0 Å². The molecule has 6 nitrogen and oxygen atoms in total. The topological polar surface area (TPSA) is 77.2 Å². The first-order valence-electron chi connectivity index (χ1n) is 11.5. The lowest BCUT2D eigenvalue weighted by Gasteiger charge is -2.20. The van der Waals surface area contributed by atoms with Crippen LogP contribution in [0.4, 0.5) is 11.5 Å². The lowest BCUT2D eigenvalue weighted by Crippen LogP contribution is -2.21. The average molecular weight is 462 g/mol. The summed E-state index contributed by atoms with van der Waals surface area (Å²) < 4.78 is 5.22. The Morgan fingerprint density at radius 2 is 1.40 bits per heavy atom. The number of aromatic nitrogens is 3. The lowest BCUT2D eigenvalue weighted by atomic mass is 9.89. The number of methoxy groups -OCH3 is 1. The molecule has 2 aromatic heterocycles. The number of ether oxygens (including phenoxy) is 1. The second-order valence-electron chi connectivity index (χ2n) is 8.36. The van der Waals surface area contributed by atoms with Crippen LogP contribution in [0, 0.1) is 0 Å². The highest BCUT2D eigenvalue weighted by molar-refractivity contribution is 6.09. The highest BCUT2D eigenvalue weighted by atomic mass is 16.5. The predicted octanol–water partition coefficient (Wildman–Crippen LogP) is 5.69. The molecule has 0 amide bonds. The summed E-state index contributed by atoms with van der Waals surface area (Å²) in [5.41, 5.74) is 14.0. The van der Waals surface area contributed by atoms with Crippen LogP contribution in [0.3, 0.4) is 0 Å². The van der Waals surface area contributed by atoms with Gasteiger partial charge in [0, 0.05) is 43.1 Å². The van der Waals surface area contributed by atoms with E-state index in [0.717, 1.165) is 51.1 Å². The molecule has 2 heterocycles. The van der Waals surface area contributed by atoms with E-state index in [1.165, 1.54) is 6.33 Å². The van der Waals surface area contributed by atoms with Crippen LogP contribution < -0.4 is 10.6 Å². The molecule has 6 heteroatoms. The fourth-order valence-electron chi connectivity index (χ4n) is 4.34. The van der Waals surface area contributed by atoms with Gasteiger partial charge in [0.1, 0.15) is 12.1 Å². The third-order valence-corrected chi connectivity index (χ3v) is 6.15. The van der Waals surface area contributed by atoms with Crippen molar-refractivity contribution in [3.8, 4) is 33.5 Å². The van der Waals surface area contributed by atoms with Gasteiger partial charge in [0.05, 0.1) is 17.7 Å². The molecule has 0 saturated heterocycles. The quantitative estimate of drug-likeness (QED) is 0.335. The molecule has 5 aromatic rings. The van der Waals surface area contributed by atoms with Gasteiger partial charge in [0.2, 0.25) is 0 Å². The zero-order valence-corrected chi connectivity index (χ0v) is 19.8. The van der Waals surface area contributed by atoms with E-state index in [1.807, 2.05) is 36.4 Å². The Bertz CT molecular complexity index is 1440. The summed E-state index contributed by atoms with van der Waals surface area (Å²) in [5, 5.41) is 0.761. The van der Waals surface area contributed by atoms with E-state index >= 15 is 0 Å². The van der Waals surface area contributed by atoms with Gasteiger partial charge >= 0.3 is 0 Å². The first-order chi connectivity index (χ1) is 17.2. The fourth-order valence-corrected chi connectivity index (χ4v) is 4.34. The molecule has 2 N–H and O–H groups in total. The number of rotatable bonds is 7. The summed E-state index contributed by atoms with van der Waals surface area (Å²) in [5.74, 6) is 0.417. The van der Waals surface area contributed by atoms with Crippen LogP contribution in [0.25, 0.3) is 44.5 Å². The number of pyridine rings is 1. The number of hydrogen-bond acceptors (Lipinski definition) is 6. The van der Waals surface area contributed by atoms with Crippen LogP contribution in [0.5, 0.6) is 0 Å². The Hall–Kier alpha value is -4.29. The first kappa shape index (κ1) is 22.5. The molecule has 0 unspecified atom stereocenters. The second-order valence-corrected chi connectivity index (χ2v) is 8.36. The minimum absolute atomic E-state index is 0.417. The van der Waals surface area contributed by atoms with Crippen LogP contribution in [-0.4, -0.2) is 42.3 Å². The van der Waals surface area contributed by atoms with Gasteiger partial charge in [-0.3, -0.25) is 0 Å². The van der Waals surface area contributed by atoms with Crippen molar-refractivity contribution in [2.75, 3.05) is 37.9 Å². The number of fused-ring (bicyclic) bond motifs is 1. The van der Waals surface area contributed by atoms with Gasteiger partial charge in [-0.1, -0.05) is 72.8 Å². The molecular formula is C29H27N5O. The summed E-state index contributed by atoms with van der Waals surface area (Å²) >= 11 is 0. The predicted molar refractivity (Wildman–Crippen MR) is 143 cm³/mol. The smallest absolute Gasteiger partial charge is 0.165 e. The second kappa shape index (κ2) is 9.91. The van der Waals surface area contributed by atoms with Gasteiger partial charge in [0.25, 0.3) is 0 Å². The molecule has 174 valence electrons. The standard InChI is InChI=1S/C29H27N5O/c1-34(17-18-35-2)23-15-13-22(14-16-23)27-25(21-11-7-4-8-12-21)24(20-9-5-3-6-10-20)26-28(30)31-19-32-29(26)33-27/h3-16,19H,17-18H2,1-2H3,(H2,30,31,32,33). The number of hydrogen-bond donors (Lipinski definition) is 1. The van der Waals surface area contributed by atoms with Crippen molar-refractivity contribution >= 4 is 22.5 Å². The summed E-state index contributed by atoms with van der Waals surface area (Å²) in [7, 11) is 3.78. The molecule has 0 aliphatic carbocycles. The van der Waals surface area contributed by atoms with E-state index in [2.05, 4.69) is 70.4 Å². The molecule has 3 aromatic carbocycles. The Balaban J connectivity index is 1.79. The maximum absolute atomic E-state index is 6.42. The molecule has 0 aliphatic rings. The molecule has 0 aliphatic heterocycles. The minimum Gasteiger partial charge on any atom is -0.383 e. The molecule has 0 bridgehead atoms. The molecule has 0 spiro atoms. The highest BCUT2D eigenvalue weighted by Gasteiger charge is 2.22. The molecule has 0 fully saturated rings. The summed E-state index contributed by atoms with van der Waals surface area (Å²) in [6.45, 7) is 1.48. The fraction of sp³-hybridized carbons (Fsp3) is 0.138. The van der Waals surface area contributed by atoms with Gasteiger partial charge < -0.3 is 15.4 Å². The Morgan fingerprint density at radius 3 is 2.03 bits per heavy atom. The molecular weight excluding hydrogens is 434 g/mol. The van der Waals surface area contributed by atoms with E-state index in [4.69, 9.17) is 15.5 Å². The van der Waals surface area contributed by atoms with Crippen molar-refractivity contribution in [3.05, 3.63) is 91.3 Å². The molecule has 35 heavy (non-hydrogen) atoms. The zero-order valence-electron chi connectivity index (χ0n) is 19.8. The van der Waals surface area contributed by atoms with E-state index in [-0.39, 0.29) is 0 Å². The van der Waals surface area contributed by atoms with Gasteiger partial charge in [-0.25, -0.2) is 15.0 Å². The van der Waals surface area contributed by atoms with E-state index < -0.39 is 0 Å². The number of likely N-dealkylation sites (N-methyl/N-ethyl adjacent to an activating group) is 1. The summed E-state index contributed by atoms with van der Waals surface area (Å²) in [4.78, 5) is 16.0. The van der Waals surface area contributed by atoms with Crippen LogP contribution in [0.2, 0.25) is 0 Å². The van der Waals surface area contributed by atoms with Crippen LogP contribution in [0.1, 0.15) is 0 Å². The van der Waals surface area contributed by atoms with Gasteiger partial charge in [0.15, 0.2) is 5.65 Å². The molecule has 0 atom stereocenters. The summed E-state index contributed by atoms with van der Waals surface area (Å²) in [6, 6.07) is 29.0. The minimum atomic E-state index is 0.417. The molecule has 5 rings (SSSR count). The molecule has 0 saturated carbocycles. The number of anilines is 2. The van der Waals surface area contributed by atoms with Crippen molar-refractivity contribution < 1.29 is 4.74 Å². The average Bonchev–Trinajstić information content (AvgIpc) is 2.92. The third kappa shape index (κ3) is 4.44. The van der Waals surface area contributed by atoms with Crippen molar-refractivity contribution in [2.45, 2.75) is 0 Å². The first-order valence-corrected chi connectivity index (χ1v) is 11.5. The Labute approximate surface area is 205 Å². The number of benzene rings is 3. The van der Waals surface area contributed by atoms with Crippen LogP contribution >= 0.6 is 0 Å². The van der Waals surface area contributed by atoms with Crippen LogP contribution in [0.15, 0.2) is 91.3 Å². The molecule has 0 radical (unpaired) electrons. The van der Waals surface area contributed by atoms with Crippen molar-refractivity contribution in [1.82, 2.24) is 15.0 Å². The lowest BCUT2D eigenvalue weighted by molar-refractivity contribution is 0.206. The number of nitrogens with two attached hydrogens (primary N) is 1. The van der Waals surface area contributed by atoms with E-state index in [9.17, 15) is 0 Å². The Kier molecular flexibility index (Phi) is 6.37. The van der Waals surface area contributed by atoms with Crippen LogP contribution in [-0.2, 0) is 4.74 Å². The number of nitrogens with zero attached hydrogens (tertiary/aromatic N) is 4. The van der Waals surface area contributed by atoms with Crippen molar-refractivity contribution in [2.24, 2.45) is 0 Å². The zero-order chi connectivity index (χ0) is 24.2. The van der Waals surface area contributed by atoms with Gasteiger partial charge in [-0.15, -0.1) is 0 Å². The van der Waals surface area contributed by atoms with E-state index in [1.54, 1.807) is 7.11 Å². The van der Waals surface area contributed by atoms with Crippen molar-refractivity contribution in [3.63, 3.8) is 0 Å². The van der Waals surface area contributed by atoms with E-state index in [0.29, 0.717) is 18.1 Å². The normalized spacial score (nSPS) is 11.0. The van der Waals surface area contributed by atoms with Crippen molar-refractivity contribution in [1.29, 1.82) is 0 Å². The number of nitrogen functional groups attached to an aromatic ring is 1. The highest BCUT2D eigenvalue weighted by Crippen LogP contribution is 2.44. The third-order valence-electron chi connectivity index (χ3n) is 6.15. The Morgan fingerprint density at radius 1 is 0.771 bits per heavy atom. The maximum Gasteiger partial charge on any atom is 0.165 e. The largest absolute Gasteiger partial charge is 0.383 e. The maximum atomic E-state index is 6.42. The monoisotopic (exact) mass is 461 g/mol. The summed E-state index contributed by atoms with van der Waals surface area (Å²) in [6.07, 6.45) is 1.47.